The van der Waals surface area contributed by atoms with E-state index in [1.807, 2.05) is 7.05 Å². The van der Waals surface area contributed by atoms with Crippen LogP contribution < -0.4 is 5.32 Å². The van der Waals surface area contributed by atoms with Gasteiger partial charge in [-0.25, -0.2) is 0 Å². The second kappa shape index (κ2) is 6.18. The van der Waals surface area contributed by atoms with Crippen molar-refractivity contribution in [1.82, 2.24) is 5.32 Å². The number of hydrogen-bond acceptors (Lipinski definition) is 1. The van der Waals surface area contributed by atoms with Crippen molar-refractivity contribution in [3.8, 4) is 0 Å². The molecule has 0 spiro atoms. The van der Waals surface area contributed by atoms with E-state index >= 15 is 0 Å². The van der Waals surface area contributed by atoms with Crippen LogP contribution in [-0.2, 0) is 0 Å². The molecule has 1 rings (SSSR count). The summed E-state index contributed by atoms with van der Waals surface area (Å²) >= 11 is 7.26. The van der Waals surface area contributed by atoms with E-state index in [1.54, 1.807) is 0 Å². The smallest absolute Gasteiger partial charge is 0.0355 e. The molecule has 2 unspecified atom stereocenters. The van der Waals surface area contributed by atoms with E-state index in [2.05, 4.69) is 70.1 Å². The molecule has 16 heavy (non-hydrogen) atoms. The van der Waals surface area contributed by atoms with Crippen molar-refractivity contribution >= 4 is 31.9 Å². The fraction of sp³-hybridized carbons (Fsp3) is 0.538. The standard InChI is InChI=1S/C13H19Br2N/c1-5-8(2)13(16-4)10-7-11(14)9(3)6-12(10)15/h6-8,13,16H,5H2,1-4H3. The van der Waals surface area contributed by atoms with Gasteiger partial charge in [-0.05, 0) is 43.1 Å². The summed E-state index contributed by atoms with van der Waals surface area (Å²) in [7, 11) is 2.02. The van der Waals surface area contributed by atoms with Gasteiger partial charge < -0.3 is 5.32 Å². The summed E-state index contributed by atoms with van der Waals surface area (Å²) in [6, 6.07) is 4.79. The van der Waals surface area contributed by atoms with Gasteiger partial charge in [0, 0.05) is 15.0 Å². The number of aryl methyl sites for hydroxylation is 1. The third-order valence-corrected chi connectivity index (χ3v) is 4.68. The zero-order chi connectivity index (χ0) is 12.3. The third kappa shape index (κ3) is 3.08. The summed E-state index contributed by atoms with van der Waals surface area (Å²) in [6.45, 7) is 6.61. The molecule has 0 heterocycles. The van der Waals surface area contributed by atoms with Gasteiger partial charge >= 0.3 is 0 Å². The van der Waals surface area contributed by atoms with E-state index < -0.39 is 0 Å². The van der Waals surface area contributed by atoms with Crippen LogP contribution in [-0.4, -0.2) is 7.05 Å². The first kappa shape index (κ1) is 14.2. The highest BCUT2D eigenvalue weighted by molar-refractivity contribution is 9.11. The van der Waals surface area contributed by atoms with Crippen molar-refractivity contribution < 1.29 is 0 Å². The molecular weight excluding hydrogens is 330 g/mol. The molecule has 3 heteroatoms. The van der Waals surface area contributed by atoms with Crippen LogP contribution in [0.4, 0.5) is 0 Å². The molecule has 0 amide bonds. The zero-order valence-corrected chi connectivity index (χ0v) is 13.4. The number of nitrogens with one attached hydrogen (secondary N) is 1. The van der Waals surface area contributed by atoms with Crippen LogP contribution in [0.1, 0.15) is 37.4 Å². The minimum absolute atomic E-state index is 0.399. The normalized spacial score (nSPS) is 14.9. The number of halogens is 2. The lowest BCUT2D eigenvalue weighted by Gasteiger charge is -2.24. The van der Waals surface area contributed by atoms with Gasteiger partial charge in [-0.1, -0.05) is 52.1 Å². The number of rotatable bonds is 4. The molecule has 0 aliphatic carbocycles. The van der Waals surface area contributed by atoms with E-state index in [9.17, 15) is 0 Å². The van der Waals surface area contributed by atoms with Gasteiger partial charge in [0.25, 0.3) is 0 Å². The minimum atomic E-state index is 0.399. The Balaban J connectivity index is 3.15. The van der Waals surface area contributed by atoms with Crippen LogP contribution in [0.3, 0.4) is 0 Å². The molecule has 1 N–H and O–H groups in total. The molecule has 0 aliphatic heterocycles. The SMILES string of the molecule is CCC(C)C(NC)c1cc(Br)c(C)cc1Br. The van der Waals surface area contributed by atoms with Crippen LogP contribution in [0.25, 0.3) is 0 Å². The van der Waals surface area contributed by atoms with Crippen LogP contribution in [0.15, 0.2) is 21.1 Å². The van der Waals surface area contributed by atoms with Crippen LogP contribution >= 0.6 is 31.9 Å². The fourth-order valence-electron chi connectivity index (χ4n) is 1.88. The summed E-state index contributed by atoms with van der Waals surface area (Å²) in [5, 5.41) is 3.41. The van der Waals surface area contributed by atoms with Crippen molar-refractivity contribution in [2.75, 3.05) is 7.05 Å². The van der Waals surface area contributed by atoms with Gasteiger partial charge in [-0.2, -0.15) is 0 Å². The summed E-state index contributed by atoms with van der Waals surface area (Å²) < 4.78 is 2.36. The maximum atomic E-state index is 3.66. The lowest BCUT2D eigenvalue weighted by Crippen LogP contribution is -2.23. The Labute approximate surface area is 115 Å². The first-order chi connectivity index (χ1) is 7.51. The summed E-state index contributed by atoms with van der Waals surface area (Å²) in [4.78, 5) is 0. The van der Waals surface area contributed by atoms with Gasteiger partial charge in [-0.3, -0.25) is 0 Å². The van der Waals surface area contributed by atoms with Crippen molar-refractivity contribution in [3.05, 3.63) is 32.2 Å². The van der Waals surface area contributed by atoms with Gasteiger partial charge in [0.15, 0.2) is 0 Å². The Morgan fingerprint density at radius 3 is 2.38 bits per heavy atom. The molecule has 0 fully saturated rings. The third-order valence-electron chi connectivity index (χ3n) is 3.14. The Hall–Kier alpha value is 0.140. The van der Waals surface area contributed by atoms with Gasteiger partial charge in [0.1, 0.15) is 0 Å². The van der Waals surface area contributed by atoms with Gasteiger partial charge in [0.2, 0.25) is 0 Å². The van der Waals surface area contributed by atoms with Gasteiger partial charge in [-0.15, -0.1) is 0 Å². The van der Waals surface area contributed by atoms with E-state index in [0.717, 1.165) is 0 Å². The monoisotopic (exact) mass is 347 g/mol. The van der Waals surface area contributed by atoms with Crippen LogP contribution in [0.5, 0.6) is 0 Å². The van der Waals surface area contributed by atoms with Crippen molar-refractivity contribution in [2.45, 2.75) is 33.2 Å². The molecule has 1 aromatic rings. The van der Waals surface area contributed by atoms with Crippen molar-refractivity contribution in [3.63, 3.8) is 0 Å². The van der Waals surface area contributed by atoms with Gasteiger partial charge in [0.05, 0.1) is 0 Å². The Bertz CT molecular complexity index is 363. The minimum Gasteiger partial charge on any atom is -0.313 e. The molecule has 0 saturated carbocycles. The summed E-state index contributed by atoms with van der Waals surface area (Å²) in [6.07, 6.45) is 1.17. The fourth-order valence-corrected chi connectivity index (χ4v) is 2.95. The summed E-state index contributed by atoms with van der Waals surface area (Å²) in [5.41, 5.74) is 2.59. The Kier molecular flexibility index (Phi) is 5.48. The topological polar surface area (TPSA) is 12.0 Å². The molecule has 0 saturated heterocycles. The molecule has 0 aliphatic rings. The molecule has 90 valence electrons. The summed E-state index contributed by atoms with van der Waals surface area (Å²) in [5.74, 6) is 0.621. The predicted octanol–water partition coefficient (Wildman–Crippen LogP) is 4.83. The lowest BCUT2D eigenvalue weighted by atomic mass is 9.92. The highest BCUT2D eigenvalue weighted by Gasteiger charge is 2.19. The molecule has 1 nitrogen and oxygen atoms in total. The molecule has 0 aromatic heterocycles. The molecule has 2 atom stereocenters. The van der Waals surface area contributed by atoms with E-state index in [4.69, 9.17) is 0 Å². The average molecular weight is 349 g/mol. The second-order valence-corrected chi connectivity index (χ2v) is 5.98. The van der Waals surface area contributed by atoms with Crippen molar-refractivity contribution in [1.29, 1.82) is 0 Å². The van der Waals surface area contributed by atoms with E-state index in [-0.39, 0.29) is 0 Å². The second-order valence-electron chi connectivity index (χ2n) is 4.27. The van der Waals surface area contributed by atoms with E-state index in [1.165, 1.54) is 26.5 Å². The molecule has 0 radical (unpaired) electrons. The first-order valence-electron chi connectivity index (χ1n) is 5.64. The number of benzene rings is 1. The zero-order valence-electron chi connectivity index (χ0n) is 10.3. The maximum absolute atomic E-state index is 3.66. The van der Waals surface area contributed by atoms with Crippen molar-refractivity contribution in [2.24, 2.45) is 5.92 Å². The van der Waals surface area contributed by atoms with Crippen LogP contribution in [0.2, 0.25) is 0 Å². The Morgan fingerprint density at radius 1 is 1.25 bits per heavy atom. The highest BCUT2D eigenvalue weighted by atomic mass is 79.9. The first-order valence-corrected chi connectivity index (χ1v) is 7.22. The number of hydrogen-bond donors (Lipinski definition) is 1. The van der Waals surface area contributed by atoms with Crippen LogP contribution in [0, 0.1) is 12.8 Å². The average Bonchev–Trinajstić information content (AvgIpc) is 2.26. The predicted molar refractivity (Wildman–Crippen MR) is 77.8 cm³/mol. The lowest BCUT2D eigenvalue weighted by molar-refractivity contribution is 0.399. The molecule has 0 bridgehead atoms. The molecular formula is C13H19Br2N. The highest BCUT2D eigenvalue weighted by Crippen LogP contribution is 2.33. The maximum Gasteiger partial charge on any atom is 0.0355 e. The quantitative estimate of drug-likeness (QED) is 0.821. The molecule has 1 aromatic carbocycles. The van der Waals surface area contributed by atoms with E-state index in [0.29, 0.717) is 12.0 Å². The Morgan fingerprint density at radius 2 is 1.88 bits per heavy atom. The largest absolute Gasteiger partial charge is 0.313 e.